The van der Waals surface area contributed by atoms with E-state index in [2.05, 4.69) is 10.6 Å². The van der Waals surface area contributed by atoms with Crippen LogP contribution in [0, 0.1) is 5.92 Å². The summed E-state index contributed by atoms with van der Waals surface area (Å²) in [6.07, 6.45) is 4.95. The van der Waals surface area contributed by atoms with Crippen LogP contribution < -0.4 is 10.6 Å². The first-order valence-corrected chi connectivity index (χ1v) is 6.95. The second kappa shape index (κ2) is 5.71. The van der Waals surface area contributed by atoms with Crippen molar-refractivity contribution in [3.8, 4) is 0 Å². The predicted molar refractivity (Wildman–Crippen MR) is 69.0 cm³/mol. The number of rotatable bonds is 2. The molecule has 4 nitrogen and oxygen atoms in total. The Labute approximate surface area is 104 Å². The second-order valence-corrected chi connectivity index (χ2v) is 5.63. The van der Waals surface area contributed by atoms with Gasteiger partial charge in [0.05, 0.1) is 0 Å². The minimum Gasteiger partial charge on any atom is -0.336 e. The Morgan fingerprint density at radius 3 is 2.53 bits per heavy atom. The number of piperidine rings is 1. The van der Waals surface area contributed by atoms with E-state index < -0.39 is 0 Å². The van der Waals surface area contributed by atoms with Gasteiger partial charge in [0.25, 0.3) is 0 Å². The normalized spacial score (nSPS) is 26.5. The lowest BCUT2D eigenvalue weighted by Gasteiger charge is -2.35. The van der Waals surface area contributed by atoms with E-state index in [1.807, 2.05) is 18.7 Å². The summed E-state index contributed by atoms with van der Waals surface area (Å²) in [6.45, 7) is 7.03. The molecule has 0 saturated carbocycles. The molecule has 17 heavy (non-hydrogen) atoms. The molecule has 1 atom stereocenters. The minimum atomic E-state index is 0.109. The first-order chi connectivity index (χ1) is 8.16. The van der Waals surface area contributed by atoms with Gasteiger partial charge in [-0.25, -0.2) is 4.79 Å². The molecule has 2 aliphatic rings. The summed E-state index contributed by atoms with van der Waals surface area (Å²) in [5.74, 6) is 0.778. The highest BCUT2D eigenvalue weighted by molar-refractivity contribution is 5.74. The van der Waals surface area contributed by atoms with Crippen LogP contribution in [0.4, 0.5) is 4.79 Å². The molecule has 2 saturated heterocycles. The largest absolute Gasteiger partial charge is 0.336 e. The van der Waals surface area contributed by atoms with Crippen molar-refractivity contribution in [3.63, 3.8) is 0 Å². The van der Waals surface area contributed by atoms with Gasteiger partial charge in [-0.2, -0.15) is 0 Å². The van der Waals surface area contributed by atoms with Crippen molar-refractivity contribution in [2.75, 3.05) is 19.6 Å². The Bertz CT molecular complexity index is 253. The third kappa shape index (κ3) is 3.35. The van der Waals surface area contributed by atoms with Gasteiger partial charge in [0.2, 0.25) is 0 Å². The number of carbonyl (C=O) groups is 1. The molecule has 1 unspecified atom stereocenters. The average Bonchev–Trinajstić information content (AvgIpc) is 2.82. The Kier molecular flexibility index (Phi) is 4.26. The van der Waals surface area contributed by atoms with Crippen molar-refractivity contribution in [1.82, 2.24) is 15.5 Å². The lowest BCUT2D eigenvalue weighted by molar-refractivity contribution is 0.158. The first-order valence-electron chi connectivity index (χ1n) is 6.95. The summed E-state index contributed by atoms with van der Waals surface area (Å²) in [4.78, 5) is 13.8. The standard InChI is InChI=1S/C13H25N3O/c1-10(2)15-13(17)16-8-5-11(6-9-16)12-4-3-7-14-12/h10-12,14H,3-9H2,1-2H3,(H,15,17). The van der Waals surface area contributed by atoms with E-state index in [4.69, 9.17) is 0 Å². The Balaban J connectivity index is 1.75. The topological polar surface area (TPSA) is 44.4 Å². The number of carbonyl (C=O) groups excluding carboxylic acids is 1. The molecule has 4 heteroatoms. The number of nitrogens with zero attached hydrogens (tertiary/aromatic N) is 1. The van der Waals surface area contributed by atoms with Gasteiger partial charge in [-0.3, -0.25) is 0 Å². The van der Waals surface area contributed by atoms with E-state index in [0.29, 0.717) is 6.04 Å². The fraction of sp³-hybridized carbons (Fsp3) is 0.923. The van der Waals surface area contributed by atoms with Crippen molar-refractivity contribution in [2.45, 2.75) is 51.6 Å². The molecule has 0 aromatic heterocycles. The van der Waals surface area contributed by atoms with Crippen molar-refractivity contribution >= 4 is 6.03 Å². The fourth-order valence-electron chi connectivity index (χ4n) is 2.96. The Morgan fingerprint density at radius 2 is 2.00 bits per heavy atom. The van der Waals surface area contributed by atoms with Crippen LogP contribution in [0.15, 0.2) is 0 Å². The monoisotopic (exact) mass is 239 g/mol. The number of urea groups is 1. The molecule has 0 aliphatic carbocycles. The van der Waals surface area contributed by atoms with Crippen molar-refractivity contribution in [2.24, 2.45) is 5.92 Å². The third-order valence-electron chi connectivity index (χ3n) is 3.91. The van der Waals surface area contributed by atoms with Crippen LogP contribution in [0.5, 0.6) is 0 Å². The van der Waals surface area contributed by atoms with E-state index >= 15 is 0 Å². The van der Waals surface area contributed by atoms with Crippen LogP contribution in [0.1, 0.15) is 39.5 Å². The highest BCUT2D eigenvalue weighted by Crippen LogP contribution is 2.25. The number of hydrogen-bond donors (Lipinski definition) is 2. The first kappa shape index (κ1) is 12.7. The molecular formula is C13H25N3O. The SMILES string of the molecule is CC(C)NC(=O)N1CCC(C2CCCN2)CC1. The molecule has 0 aromatic carbocycles. The fourth-order valence-corrected chi connectivity index (χ4v) is 2.96. The summed E-state index contributed by atoms with van der Waals surface area (Å²) in [6, 6.07) is 1.06. The molecule has 2 heterocycles. The highest BCUT2D eigenvalue weighted by Gasteiger charge is 2.29. The van der Waals surface area contributed by atoms with E-state index in [1.165, 1.54) is 19.4 Å². The quantitative estimate of drug-likeness (QED) is 0.768. The van der Waals surface area contributed by atoms with Crippen molar-refractivity contribution in [1.29, 1.82) is 0 Å². The number of nitrogens with one attached hydrogen (secondary N) is 2. The molecular weight excluding hydrogens is 214 g/mol. The molecule has 0 bridgehead atoms. The zero-order valence-corrected chi connectivity index (χ0v) is 11.0. The summed E-state index contributed by atoms with van der Waals surface area (Å²) >= 11 is 0. The van der Waals surface area contributed by atoms with Crippen LogP contribution in [0.25, 0.3) is 0 Å². The maximum absolute atomic E-state index is 11.8. The molecule has 2 amide bonds. The van der Waals surface area contributed by atoms with Crippen LogP contribution in [-0.4, -0.2) is 42.6 Å². The van der Waals surface area contributed by atoms with E-state index in [9.17, 15) is 4.79 Å². The van der Waals surface area contributed by atoms with Crippen LogP contribution in [-0.2, 0) is 0 Å². The maximum Gasteiger partial charge on any atom is 0.317 e. The molecule has 2 aliphatic heterocycles. The van der Waals surface area contributed by atoms with Gasteiger partial charge in [-0.15, -0.1) is 0 Å². The van der Waals surface area contributed by atoms with Gasteiger partial charge >= 0.3 is 6.03 Å². The van der Waals surface area contributed by atoms with E-state index in [0.717, 1.165) is 31.8 Å². The minimum absolute atomic E-state index is 0.109. The number of likely N-dealkylation sites (tertiary alicyclic amines) is 1. The molecule has 0 aromatic rings. The molecule has 2 N–H and O–H groups in total. The summed E-state index contributed by atoms with van der Waals surface area (Å²) in [7, 11) is 0. The summed E-state index contributed by atoms with van der Waals surface area (Å²) < 4.78 is 0. The lowest BCUT2D eigenvalue weighted by atomic mass is 9.89. The zero-order chi connectivity index (χ0) is 12.3. The maximum atomic E-state index is 11.8. The van der Waals surface area contributed by atoms with Gasteiger partial charge in [0.1, 0.15) is 0 Å². The predicted octanol–water partition coefficient (Wildman–Crippen LogP) is 1.57. The van der Waals surface area contributed by atoms with Gasteiger partial charge in [0, 0.05) is 25.2 Å². The second-order valence-electron chi connectivity index (χ2n) is 5.63. The summed E-state index contributed by atoms with van der Waals surface area (Å²) in [5.41, 5.74) is 0. The smallest absolute Gasteiger partial charge is 0.317 e. The highest BCUT2D eigenvalue weighted by atomic mass is 16.2. The van der Waals surface area contributed by atoms with E-state index in [1.54, 1.807) is 0 Å². The molecule has 2 fully saturated rings. The van der Waals surface area contributed by atoms with Crippen molar-refractivity contribution in [3.05, 3.63) is 0 Å². The number of hydrogen-bond acceptors (Lipinski definition) is 2. The Morgan fingerprint density at radius 1 is 1.29 bits per heavy atom. The summed E-state index contributed by atoms with van der Waals surface area (Å²) in [5, 5.41) is 6.55. The lowest BCUT2D eigenvalue weighted by Crippen LogP contribution is -2.48. The molecule has 0 radical (unpaired) electrons. The number of amides is 2. The molecule has 2 rings (SSSR count). The van der Waals surface area contributed by atoms with Gasteiger partial charge in [0.15, 0.2) is 0 Å². The van der Waals surface area contributed by atoms with Crippen molar-refractivity contribution < 1.29 is 4.79 Å². The zero-order valence-electron chi connectivity index (χ0n) is 11.0. The molecule has 0 spiro atoms. The van der Waals surface area contributed by atoms with Crippen LogP contribution in [0.3, 0.4) is 0 Å². The van der Waals surface area contributed by atoms with Gasteiger partial charge in [-0.1, -0.05) is 0 Å². The van der Waals surface area contributed by atoms with E-state index in [-0.39, 0.29) is 12.1 Å². The van der Waals surface area contributed by atoms with Crippen LogP contribution >= 0.6 is 0 Å². The average molecular weight is 239 g/mol. The van der Waals surface area contributed by atoms with Gasteiger partial charge < -0.3 is 15.5 Å². The third-order valence-corrected chi connectivity index (χ3v) is 3.91. The Hall–Kier alpha value is -0.770. The van der Waals surface area contributed by atoms with Gasteiger partial charge in [-0.05, 0) is 52.0 Å². The molecule has 98 valence electrons. The van der Waals surface area contributed by atoms with Crippen LogP contribution in [0.2, 0.25) is 0 Å².